The maximum atomic E-state index is 5.59. The minimum absolute atomic E-state index is 0.643. The molecule has 0 aliphatic rings. The van der Waals surface area contributed by atoms with E-state index in [4.69, 9.17) is 9.97 Å². The number of fused-ring (bicyclic) bond motifs is 12. The molecule has 0 fully saturated rings. The fourth-order valence-corrected chi connectivity index (χ4v) is 10.6. The lowest BCUT2D eigenvalue weighted by Crippen LogP contribution is -2.04. The van der Waals surface area contributed by atoms with E-state index in [2.05, 4.69) is 238 Å². The molecule has 0 bridgehead atoms. The average Bonchev–Trinajstić information content (AvgIpc) is 4.02. The lowest BCUT2D eigenvalue weighted by Gasteiger charge is -2.14. The van der Waals surface area contributed by atoms with Gasteiger partial charge in [0.05, 0.1) is 44.3 Å². The monoisotopic (exact) mass is 827 g/mol. The Morgan fingerprint density at radius 3 is 1.34 bits per heavy atom. The molecule has 0 saturated carbocycles. The lowest BCUT2D eigenvalue weighted by molar-refractivity contribution is 1.02. The van der Waals surface area contributed by atoms with Crippen LogP contribution in [0.2, 0.25) is 0 Å². The summed E-state index contributed by atoms with van der Waals surface area (Å²) in [5.74, 6) is 0.643. The van der Waals surface area contributed by atoms with Crippen molar-refractivity contribution in [2.45, 2.75) is 0 Å². The summed E-state index contributed by atoms with van der Waals surface area (Å²) < 4.78 is 7.03. The number of para-hydroxylation sites is 6. The van der Waals surface area contributed by atoms with Crippen LogP contribution in [-0.2, 0) is 0 Å². The molecule has 0 spiro atoms. The van der Waals surface area contributed by atoms with E-state index in [1.165, 1.54) is 54.6 Å². The lowest BCUT2D eigenvalue weighted by atomic mass is 9.94. The van der Waals surface area contributed by atoms with Gasteiger partial charge in [-0.25, -0.2) is 9.97 Å². The maximum absolute atomic E-state index is 5.59. The fraction of sp³-hybridized carbons (Fsp3) is 0. The Morgan fingerprint density at radius 1 is 0.277 bits per heavy atom. The average molecular weight is 828 g/mol. The summed E-state index contributed by atoms with van der Waals surface area (Å²) >= 11 is 0. The van der Waals surface area contributed by atoms with Crippen molar-refractivity contribution in [3.05, 3.63) is 224 Å². The molecule has 0 atom stereocenters. The molecule has 0 unspecified atom stereocenters. The van der Waals surface area contributed by atoms with Gasteiger partial charge in [0.2, 0.25) is 5.95 Å². The van der Waals surface area contributed by atoms with Gasteiger partial charge in [0, 0.05) is 60.0 Å². The molecule has 302 valence electrons. The molecule has 5 heteroatoms. The Labute approximate surface area is 373 Å². The third-order valence-electron chi connectivity index (χ3n) is 13.4. The Hall–Kier alpha value is -8.80. The van der Waals surface area contributed by atoms with Gasteiger partial charge in [0.1, 0.15) is 0 Å². The second-order valence-corrected chi connectivity index (χ2v) is 16.9. The van der Waals surface area contributed by atoms with Crippen molar-refractivity contribution in [3.8, 4) is 39.7 Å². The molecule has 5 nitrogen and oxygen atoms in total. The number of nitrogens with zero attached hydrogens (tertiary/aromatic N) is 5. The molecule has 0 N–H and O–H groups in total. The highest BCUT2D eigenvalue weighted by Crippen LogP contribution is 2.44. The van der Waals surface area contributed by atoms with E-state index in [1.807, 2.05) is 0 Å². The molecule has 4 aromatic heterocycles. The van der Waals surface area contributed by atoms with Crippen LogP contribution < -0.4 is 0 Å². The molecular weight excluding hydrogens is 791 g/mol. The topological polar surface area (TPSA) is 40.6 Å². The van der Waals surface area contributed by atoms with Gasteiger partial charge < -0.3 is 9.13 Å². The molecular formula is C60H37N5. The number of hydrogen-bond donors (Lipinski definition) is 0. The smallest absolute Gasteiger partial charge is 0.235 e. The van der Waals surface area contributed by atoms with Crippen LogP contribution in [0.3, 0.4) is 0 Å². The first-order valence-electron chi connectivity index (χ1n) is 22.2. The van der Waals surface area contributed by atoms with Crippen molar-refractivity contribution in [2.75, 3.05) is 0 Å². The van der Waals surface area contributed by atoms with E-state index in [-0.39, 0.29) is 0 Å². The molecule has 0 radical (unpaired) electrons. The minimum Gasteiger partial charge on any atom is -0.309 e. The molecule has 4 heterocycles. The van der Waals surface area contributed by atoms with Crippen LogP contribution in [-0.4, -0.2) is 23.7 Å². The second kappa shape index (κ2) is 13.9. The van der Waals surface area contributed by atoms with Crippen molar-refractivity contribution in [3.63, 3.8) is 0 Å². The first-order valence-corrected chi connectivity index (χ1v) is 22.2. The van der Waals surface area contributed by atoms with Crippen LogP contribution in [0.5, 0.6) is 0 Å². The van der Waals surface area contributed by atoms with Gasteiger partial charge in [-0.1, -0.05) is 146 Å². The first kappa shape index (κ1) is 35.8. The third-order valence-corrected chi connectivity index (χ3v) is 13.4. The zero-order valence-corrected chi connectivity index (χ0v) is 35.1. The van der Waals surface area contributed by atoms with Crippen molar-refractivity contribution in [1.82, 2.24) is 23.7 Å². The molecule has 14 aromatic rings. The Balaban J connectivity index is 1.01. The van der Waals surface area contributed by atoms with E-state index >= 15 is 0 Å². The predicted molar refractivity (Wildman–Crippen MR) is 271 cm³/mol. The van der Waals surface area contributed by atoms with Crippen molar-refractivity contribution in [2.24, 2.45) is 0 Å². The summed E-state index contributed by atoms with van der Waals surface area (Å²) in [5, 5.41) is 10.5. The van der Waals surface area contributed by atoms with E-state index < -0.39 is 0 Å². The Bertz CT molecular complexity index is 4230. The van der Waals surface area contributed by atoms with Crippen LogP contribution in [0, 0.1) is 0 Å². The van der Waals surface area contributed by atoms with Crippen molar-refractivity contribution >= 4 is 87.1 Å². The zero-order chi connectivity index (χ0) is 42.6. The Kier molecular flexibility index (Phi) is 7.62. The molecule has 10 aromatic carbocycles. The van der Waals surface area contributed by atoms with Gasteiger partial charge in [-0.3, -0.25) is 4.57 Å². The van der Waals surface area contributed by atoms with E-state index in [0.717, 1.165) is 66.2 Å². The fourth-order valence-electron chi connectivity index (χ4n) is 10.6. The molecule has 0 amide bonds. The number of rotatable bonds is 5. The second-order valence-electron chi connectivity index (χ2n) is 16.9. The first-order chi connectivity index (χ1) is 32.3. The largest absolute Gasteiger partial charge is 0.309 e. The number of benzene rings is 10. The number of aromatic nitrogens is 5. The maximum Gasteiger partial charge on any atom is 0.235 e. The summed E-state index contributed by atoms with van der Waals surface area (Å²) in [7, 11) is 0. The molecule has 14 rings (SSSR count). The van der Waals surface area contributed by atoms with E-state index in [9.17, 15) is 0 Å². The summed E-state index contributed by atoms with van der Waals surface area (Å²) in [6, 6.07) is 80.8. The van der Waals surface area contributed by atoms with Gasteiger partial charge in [-0.2, -0.15) is 0 Å². The highest BCUT2D eigenvalue weighted by molar-refractivity contribution is 6.23. The van der Waals surface area contributed by atoms with Crippen LogP contribution in [0.25, 0.3) is 127 Å². The normalized spacial score (nSPS) is 12.0. The van der Waals surface area contributed by atoms with Crippen molar-refractivity contribution in [1.29, 1.82) is 0 Å². The summed E-state index contributed by atoms with van der Waals surface area (Å²) in [6.45, 7) is 0. The standard InChI is InChI=1S/C60H37N5/c1-3-17-40(18-4-1)63-53-28-14-10-22-43(53)49-35-38(31-33-56(49)63)48-37-51-45-24-12-16-30-55(45)65(59(51)46-25-8-7-21-42(46)48)60-61-52-27-13-9-26-47(52)58(62-60)39-32-34-57-50(36-39)44-23-11-15-29-54(44)64(57)41-19-5-2-6-20-41/h1-37H. The van der Waals surface area contributed by atoms with Gasteiger partial charge >= 0.3 is 0 Å². The quantitative estimate of drug-likeness (QED) is 0.173. The molecule has 0 aliphatic carbocycles. The summed E-state index contributed by atoms with van der Waals surface area (Å²) in [5.41, 5.74) is 14.4. The van der Waals surface area contributed by atoms with Gasteiger partial charge in [0.15, 0.2) is 0 Å². The van der Waals surface area contributed by atoms with Crippen LogP contribution in [0.15, 0.2) is 224 Å². The highest BCUT2D eigenvalue weighted by Gasteiger charge is 2.22. The van der Waals surface area contributed by atoms with Crippen LogP contribution in [0.4, 0.5) is 0 Å². The molecule has 65 heavy (non-hydrogen) atoms. The van der Waals surface area contributed by atoms with Crippen LogP contribution >= 0.6 is 0 Å². The molecule has 0 aliphatic heterocycles. The minimum atomic E-state index is 0.643. The van der Waals surface area contributed by atoms with Gasteiger partial charge in [-0.05, 0) is 95.4 Å². The number of hydrogen-bond acceptors (Lipinski definition) is 2. The van der Waals surface area contributed by atoms with Gasteiger partial charge in [0.25, 0.3) is 0 Å². The van der Waals surface area contributed by atoms with E-state index in [1.54, 1.807) is 0 Å². The SMILES string of the molecule is c1ccc(-n2c3ccccc3c3cc(-c4nc(-n5c6ccccc6c6cc(-c7ccc8c(c7)c7ccccc7n8-c7ccccc7)c7ccccc7c65)nc5ccccc45)ccc32)cc1. The predicted octanol–water partition coefficient (Wildman–Crippen LogP) is 15.4. The summed E-state index contributed by atoms with van der Waals surface area (Å²) in [4.78, 5) is 11.0. The zero-order valence-electron chi connectivity index (χ0n) is 35.1. The molecule has 0 saturated heterocycles. The Morgan fingerprint density at radius 2 is 0.723 bits per heavy atom. The third kappa shape index (κ3) is 5.27. The highest BCUT2D eigenvalue weighted by atomic mass is 15.2. The van der Waals surface area contributed by atoms with Crippen LogP contribution in [0.1, 0.15) is 0 Å². The van der Waals surface area contributed by atoms with Crippen molar-refractivity contribution < 1.29 is 0 Å². The summed E-state index contributed by atoms with van der Waals surface area (Å²) in [6.07, 6.45) is 0. The van der Waals surface area contributed by atoms with E-state index in [0.29, 0.717) is 5.95 Å². The van der Waals surface area contributed by atoms with Gasteiger partial charge in [-0.15, -0.1) is 0 Å².